The van der Waals surface area contributed by atoms with E-state index in [4.69, 9.17) is 10.8 Å². The van der Waals surface area contributed by atoms with Crippen LogP contribution in [0.15, 0.2) is 5.38 Å². The lowest BCUT2D eigenvalue weighted by Gasteiger charge is -2.12. The summed E-state index contributed by atoms with van der Waals surface area (Å²) in [5, 5.41) is 13.5. The van der Waals surface area contributed by atoms with Gasteiger partial charge in [0.2, 0.25) is 0 Å². The number of hydrogen-bond donors (Lipinski definition) is 3. The van der Waals surface area contributed by atoms with Crippen molar-refractivity contribution in [3.8, 4) is 0 Å². The molecule has 0 aliphatic rings. The molecule has 0 aliphatic carbocycles. The fourth-order valence-corrected chi connectivity index (χ4v) is 2.93. The first-order valence-corrected chi connectivity index (χ1v) is 9.03. The molecule has 0 fully saturated rings. The second kappa shape index (κ2) is 7.48. The van der Waals surface area contributed by atoms with Crippen LogP contribution < -0.4 is 11.1 Å². The predicted molar refractivity (Wildman–Crippen MR) is 78.1 cm³/mol. The maximum Gasteiger partial charge on any atom is 0.326 e. The van der Waals surface area contributed by atoms with Crippen molar-refractivity contribution in [3.63, 3.8) is 0 Å². The van der Waals surface area contributed by atoms with Gasteiger partial charge in [0.1, 0.15) is 21.6 Å². The number of nitrogens with one attached hydrogen (secondary N) is 1. The summed E-state index contributed by atoms with van der Waals surface area (Å²) in [6, 6.07) is -1.27. The summed E-state index contributed by atoms with van der Waals surface area (Å²) in [7, 11) is -3.30. The molecule has 1 rings (SSSR count). The topological polar surface area (TPSA) is 139 Å². The number of carbonyl (C=O) groups excluding carboxylic acids is 1. The normalized spacial score (nSPS) is 12.9. The van der Waals surface area contributed by atoms with E-state index in [2.05, 4.69) is 10.3 Å². The van der Waals surface area contributed by atoms with Crippen LogP contribution in [0.5, 0.6) is 0 Å². The minimum atomic E-state index is -3.30. The lowest BCUT2D eigenvalue weighted by molar-refractivity contribution is -0.139. The van der Waals surface area contributed by atoms with Gasteiger partial charge in [0.15, 0.2) is 0 Å². The Kier molecular flexibility index (Phi) is 6.24. The summed E-state index contributed by atoms with van der Waals surface area (Å²) in [5.41, 5.74) is 5.48. The molecule has 0 aliphatic heterocycles. The van der Waals surface area contributed by atoms with Crippen molar-refractivity contribution in [2.24, 2.45) is 5.73 Å². The van der Waals surface area contributed by atoms with E-state index >= 15 is 0 Å². The first-order chi connectivity index (χ1) is 9.73. The van der Waals surface area contributed by atoms with Crippen LogP contribution in [0.1, 0.15) is 21.9 Å². The van der Waals surface area contributed by atoms with Crippen molar-refractivity contribution in [1.82, 2.24) is 10.3 Å². The SMILES string of the molecule is CS(=O)(=O)CCC(NC(=O)c1csc(CCN)n1)C(=O)O. The number of nitrogens with two attached hydrogens (primary N) is 1. The molecule has 10 heteroatoms. The van der Waals surface area contributed by atoms with Gasteiger partial charge in [0.05, 0.1) is 10.8 Å². The van der Waals surface area contributed by atoms with E-state index < -0.39 is 27.8 Å². The molecule has 1 unspecified atom stereocenters. The molecule has 21 heavy (non-hydrogen) atoms. The van der Waals surface area contributed by atoms with Crippen LogP contribution in [0.25, 0.3) is 0 Å². The summed E-state index contributed by atoms with van der Waals surface area (Å²) < 4.78 is 22.1. The number of sulfone groups is 1. The Labute approximate surface area is 126 Å². The maximum absolute atomic E-state index is 11.9. The zero-order valence-electron chi connectivity index (χ0n) is 11.4. The van der Waals surface area contributed by atoms with Gasteiger partial charge < -0.3 is 16.2 Å². The summed E-state index contributed by atoms with van der Waals surface area (Å²) >= 11 is 1.26. The van der Waals surface area contributed by atoms with Gasteiger partial charge in [-0.15, -0.1) is 11.3 Å². The highest BCUT2D eigenvalue weighted by molar-refractivity contribution is 7.90. The number of carbonyl (C=O) groups is 2. The van der Waals surface area contributed by atoms with Crippen molar-refractivity contribution >= 4 is 33.1 Å². The van der Waals surface area contributed by atoms with Gasteiger partial charge in [-0.3, -0.25) is 4.79 Å². The minimum absolute atomic E-state index is 0.106. The predicted octanol–water partition coefficient (Wildman–Crippen LogP) is -0.738. The van der Waals surface area contributed by atoms with Gasteiger partial charge in [-0.05, 0) is 13.0 Å². The largest absolute Gasteiger partial charge is 0.480 e. The number of aromatic nitrogens is 1. The summed E-state index contributed by atoms with van der Waals surface area (Å²) in [6.45, 7) is 0.403. The molecule has 1 heterocycles. The van der Waals surface area contributed by atoms with E-state index in [1.807, 2.05) is 0 Å². The smallest absolute Gasteiger partial charge is 0.326 e. The van der Waals surface area contributed by atoms with Crippen molar-refractivity contribution in [2.45, 2.75) is 18.9 Å². The fraction of sp³-hybridized carbons (Fsp3) is 0.545. The van der Waals surface area contributed by atoms with E-state index in [1.165, 1.54) is 16.7 Å². The molecule has 118 valence electrons. The van der Waals surface area contributed by atoms with Crippen LogP contribution in [-0.4, -0.2) is 55.0 Å². The van der Waals surface area contributed by atoms with E-state index in [-0.39, 0.29) is 17.9 Å². The Hall–Kier alpha value is -1.52. The van der Waals surface area contributed by atoms with Crippen LogP contribution >= 0.6 is 11.3 Å². The summed E-state index contributed by atoms with van der Waals surface area (Å²) in [5.74, 6) is -2.25. The molecule has 0 spiro atoms. The average molecular weight is 335 g/mol. The molecule has 1 atom stereocenters. The third-order valence-electron chi connectivity index (χ3n) is 2.52. The highest BCUT2D eigenvalue weighted by Crippen LogP contribution is 2.10. The van der Waals surface area contributed by atoms with Gasteiger partial charge in [-0.2, -0.15) is 0 Å². The van der Waals surface area contributed by atoms with Crippen LogP contribution in [0.4, 0.5) is 0 Å². The number of carboxylic acids is 1. The highest BCUT2D eigenvalue weighted by Gasteiger charge is 2.23. The van der Waals surface area contributed by atoms with Gasteiger partial charge in [0.25, 0.3) is 5.91 Å². The third-order valence-corrected chi connectivity index (χ3v) is 4.41. The zero-order valence-corrected chi connectivity index (χ0v) is 13.0. The Morgan fingerprint density at radius 1 is 1.52 bits per heavy atom. The Bertz CT molecular complexity index is 611. The first-order valence-electron chi connectivity index (χ1n) is 6.09. The second-order valence-corrected chi connectivity index (χ2v) is 7.65. The van der Waals surface area contributed by atoms with Crippen LogP contribution in [0.3, 0.4) is 0 Å². The Morgan fingerprint density at radius 2 is 2.19 bits per heavy atom. The number of thiazole rings is 1. The number of hydrogen-bond acceptors (Lipinski definition) is 7. The van der Waals surface area contributed by atoms with Crippen molar-refractivity contribution < 1.29 is 23.1 Å². The number of nitrogens with zero attached hydrogens (tertiary/aromatic N) is 1. The molecule has 1 aromatic rings. The van der Waals surface area contributed by atoms with E-state index in [0.717, 1.165) is 6.26 Å². The standard InChI is InChI=1S/C11H17N3O5S2/c1-21(18,19)5-3-7(11(16)17)14-10(15)8-6-20-9(13-8)2-4-12/h6-7H,2-5,12H2,1H3,(H,14,15)(H,16,17). The monoisotopic (exact) mass is 335 g/mol. The molecule has 0 saturated carbocycles. The molecule has 1 aromatic heterocycles. The highest BCUT2D eigenvalue weighted by atomic mass is 32.2. The average Bonchev–Trinajstić information content (AvgIpc) is 2.81. The molecule has 4 N–H and O–H groups in total. The first kappa shape index (κ1) is 17.5. The molecular formula is C11H17N3O5S2. The molecular weight excluding hydrogens is 318 g/mol. The molecule has 0 bridgehead atoms. The maximum atomic E-state index is 11.9. The fourth-order valence-electron chi connectivity index (χ4n) is 1.47. The van der Waals surface area contributed by atoms with Crippen molar-refractivity contribution in [3.05, 3.63) is 16.1 Å². The van der Waals surface area contributed by atoms with Crippen LogP contribution in [-0.2, 0) is 21.1 Å². The van der Waals surface area contributed by atoms with Crippen LogP contribution in [0, 0.1) is 0 Å². The second-order valence-electron chi connectivity index (χ2n) is 4.45. The quantitative estimate of drug-likeness (QED) is 0.568. The Balaban J connectivity index is 2.69. The van der Waals surface area contributed by atoms with E-state index in [0.29, 0.717) is 18.0 Å². The lowest BCUT2D eigenvalue weighted by atomic mass is 10.2. The summed E-state index contributed by atoms with van der Waals surface area (Å²) in [6.07, 6.45) is 1.35. The molecule has 1 amide bonds. The Morgan fingerprint density at radius 3 is 2.71 bits per heavy atom. The molecule has 0 saturated heterocycles. The van der Waals surface area contributed by atoms with Crippen molar-refractivity contribution in [1.29, 1.82) is 0 Å². The lowest BCUT2D eigenvalue weighted by Crippen LogP contribution is -2.42. The molecule has 0 radical (unpaired) electrons. The number of aliphatic carboxylic acids is 1. The van der Waals surface area contributed by atoms with Gasteiger partial charge in [-0.25, -0.2) is 18.2 Å². The number of rotatable bonds is 8. The molecule has 0 aromatic carbocycles. The minimum Gasteiger partial charge on any atom is -0.480 e. The van der Waals surface area contributed by atoms with E-state index in [1.54, 1.807) is 0 Å². The van der Waals surface area contributed by atoms with Crippen LogP contribution in [0.2, 0.25) is 0 Å². The summed E-state index contributed by atoms with van der Waals surface area (Å²) in [4.78, 5) is 27.0. The third kappa shape index (κ3) is 6.19. The number of amides is 1. The van der Waals surface area contributed by atoms with E-state index in [9.17, 15) is 18.0 Å². The molecule has 8 nitrogen and oxygen atoms in total. The van der Waals surface area contributed by atoms with Gasteiger partial charge >= 0.3 is 5.97 Å². The van der Waals surface area contributed by atoms with Gasteiger partial charge in [0, 0.05) is 18.1 Å². The zero-order chi connectivity index (χ0) is 16.0. The number of carboxylic acid groups (broad SMARTS) is 1. The van der Waals surface area contributed by atoms with Gasteiger partial charge in [-0.1, -0.05) is 0 Å². The van der Waals surface area contributed by atoms with Crippen molar-refractivity contribution in [2.75, 3.05) is 18.6 Å².